The second-order valence-corrected chi connectivity index (χ2v) is 7.24. The average Bonchev–Trinajstić information content (AvgIpc) is 3.33. The van der Waals surface area contributed by atoms with Crippen molar-refractivity contribution in [3.63, 3.8) is 0 Å². The smallest absolute Gasteiger partial charge is 0.340 e. The molecule has 0 saturated carbocycles. The van der Waals surface area contributed by atoms with Gasteiger partial charge in [-0.05, 0) is 23.3 Å². The van der Waals surface area contributed by atoms with Crippen molar-refractivity contribution in [1.82, 2.24) is 24.5 Å². The van der Waals surface area contributed by atoms with Gasteiger partial charge in [0.25, 0.3) is 5.56 Å². The van der Waals surface area contributed by atoms with Gasteiger partial charge >= 0.3 is 5.97 Å². The second-order valence-electron chi connectivity index (χ2n) is 6.86. The van der Waals surface area contributed by atoms with Crippen molar-refractivity contribution in [2.75, 3.05) is 12.4 Å². The third kappa shape index (κ3) is 4.52. The van der Waals surface area contributed by atoms with Crippen molar-refractivity contribution in [2.45, 2.75) is 13.1 Å². The van der Waals surface area contributed by atoms with Crippen LogP contribution in [0.3, 0.4) is 0 Å². The predicted molar refractivity (Wildman–Crippen MR) is 119 cm³/mol. The molecule has 4 aromatic rings. The first-order valence-electron chi connectivity index (χ1n) is 9.66. The number of rotatable bonds is 7. The highest BCUT2D eigenvalue weighted by Crippen LogP contribution is 2.20. The molecule has 2 aromatic carbocycles. The van der Waals surface area contributed by atoms with Crippen LogP contribution in [0.5, 0.6) is 0 Å². The van der Waals surface area contributed by atoms with Crippen LogP contribution in [0.25, 0.3) is 5.69 Å². The van der Waals surface area contributed by atoms with Crippen molar-refractivity contribution in [3.8, 4) is 5.69 Å². The van der Waals surface area contributed by atoms with Gasteiger partial charge in [-0.15, -0.1) is 0 Å². The molecule has 2 heterocycles. The Morgan fingerprint density at radius 1 is 1.09 bits per heavy atom. The van der Waals surface area contributed by atoms with Crippen molar-refractivity contribution >= 4 is 23.3 Å². The third-order valence-corrected chi connectivity index (χ3v) is 5.14. The number of nitrogens with zero attached hydrogens (tertiary/aromatic N) is 5. The summed E-state index contributed by atoms with van der Waals surface area (Å²) < 4.78 is 7.61. The average molecular weight is 451 g/mol. The lowest BCUT2D eigenvalue weighted by Crippen LogP contribution is -2.24. The Bertz CT molecular complexity index is 1290. The molecule has 0 bridgehead atoms. The van der Waals surface area contributed by atoms with Crippen molar-refractivity contribution in [1.29, 1.82) is 0 Å². The number of hydrogen-bond donors (Lipinski definition) is 1. The minimum absolute atomic E-state index is 0.0255. The van der Waals surface area contributed by atoms with E-state index < -0.39 is 11.5 Å². The highest BCUT2D eigenvalue weighted by atomic mass is 35.5. The van der Waals surface area contributed by atoms with Gasteiger partial charge < -0.3 is 10.1 Å². The van der Waals surface area contributed by atoms with Crippen LogP contribution in [0.4, 0.5) is 5.69 Å². The van der Waals surface area contributed by atoms with Crippen LogP contribution in [-0.2, 0) is 17.8 Å². The number of anilines is 1. The first-order chi connectivity index (χ1) is 15.6. The fourth-order valence-corrected chi connectivity index (χ4v) is 3.33. The summed E-state index contributed by atoms with van der Waals surface area (Å²) in [6, 6.07) is 14.5. The topological polar surface area (TPSA) is 104 Å². The standard InChI is InChI=1S/C22H19ClN6O3/c1-32-22(31)17-4-2-3-5-19(17)29-21(30)20(23)18(11-26-29)25-10-15-6-8-16(9-7-15)12-28-14-24-13-27-28/h2-9,11,13-14,25H,10,12H2,1H3. The third-order valence-electron chi connectivity index (χ3n) is 4.77. The molecule has 1 N–H and O–H groups in total. The maximum Gasteiger partial charge on any atom is 0.340 e. The Balaban J connectivity index is 1.50. The van der Waals surface area contributed by atoms with Crippen LogP contribution in [-0.4, -0.2) is 37.6 Å². The van der Waals surface area contributed by atoms with E-state index >= 15 is 0 Å². The highest BCUT2D eigenvalue weighted by molar-refractivity contribution is 6.32. The minimum Gasteiger partial charge on any atom is -0.465 e. The summed E-state index contributed by atoms with van der Waals surface area (Å²) in [5, 5.41) is 11.4. The van der Waals surface area contributed by atoms with Crippen LogP contribution in [0.1, 0.15) is 21.5 Å². The van der Waals surface area contributed by atoms with Crippen molar-refractivity contribution < 1.29 is 9.53 Å². The van der Waals surface area contributed by atoms with E-state index in [4.69, 9.17) is 16.3 Å². The fraction of sp³-hybridized carbons (Fsp3) is 0.136. The maximum atomic E-state index is 12.8. The summed E-state index contributed by atoms with van der Waals surface area (Å²) in [4.78, 5) is 28.8. The van der Waals surface area contributed by atoms with E-state index in [2.05, 4.69) is 20.5 Å². The Kier molecular flexibility index (Phi) is 6.27. The predicted octanol–water partition coefficient (Wildman–Crippen LogP) is 2.92. The zero-order chi connectivity index (χ0) is 22.5. The molecular weight excluding hydrogens is 432 g/mol. The van der Waals surface area contributed by atoms with Gasteiger partial charge in [-0.2, -0.15) is 14.9 Å². The Morgan fingerprint density at radius 3 is 2.56 bits per heavy atom. The molecule has 0 radical (unpaired) electrons. The molecule has 0 aliphatic carbocycles. The van der Waals surface area contributed by atoms with E-state index in [-0.39, 0.29) is 10.6 Å². The summed E-state index contributed by atoms with van der Waals surface area (Å²) in [5.74, 6) is -0.570. The number of nitrogens with one attached hydrogen (secondary N) is 1. The van der Waals surface area contributed by atoms with Gasteiger partial charge in [0.1, 0.15) is 17.7 Å². The Morgan fingerprint density at radius 2 is 1.84 bits per heavy atom. The molecule has 32 heavy (non-hydrogen) atoms. The van der Waals surface area contributed by atoms with Gasteiger partial charge in [-0.3, -0.25) is 4.79 Å². The quantitative estimate of drug-likeness (QED) is 0.432. The SMILES string of the molecule is COC(=O)c1ccccc1-n1ncc(NCc2ccc(Cn3cncn3)cc2)c(Cl)c1=O. The van der Waals surface area contributed by atoms with Gasteiger partial charge in [0, 0.05) is 6.54 Å². The number of aromatic nitrogens is 5. The molecule has 162 valence electrons. The van der Waals surface area contributed by atoms with Crippen LogP contribution < -0.4 is 10.9 Å². The molecule has 9 nitrogen and oxygen atoms in total. The lowest BCUT2D eigenvalue weighted by atomic mass is 10.1. The van der Waals surface area contributed by atoms with Gasteiger partial charge in [-0.25, -0.2) is 14.5 Å². The van der Waals surface area contributed by atoms with Gasteiger partial charge in [-0.1, -0.05) is 48.0 Å². The van der Waals surface area contributed by atoms with Crippen LogP contribution in [0, 0.1) is 0 Å². The number of esters is 1. The van der Waals surface area contributed by atoms with Gasteiger partial charge in [0.2, 0.25) is 0 Å². The summed E-state index contributed by atoms with van der Waals surface area (Å²) in [6.45, 7) is 1.09. The summed E-state index contributed by atoms with van der Waals surface area (Å²) in [7, 11) is 1.27. The normalized spacial score (nSPS) is 10.7. The van der Waals surface area contributed by atoms with E-state index in [1.54, 1.807) is 35.3 Å². The molecule has 0 spiro atoms. The summed E-state index contributed by atoms with van der Waals surface area (Å²) in [5.41, 5.74) is 2.45. The van der Waals surface area contributed by atoms with Crippen LogP contribution in [0.15, 0.2) is 72.2 Å². The number of carbonyl (C=O) groups excluding carboxylic acids is 1. The molecule has 0 fully saturated rings. The number of halogens is 1. The van der Waals surface area contributed by atoms with Crippen molar-refractivity contribution in [2.24, 2.45) is 0 Å². The lowest BCUT2D eigenvalue weighted by molar-refractivity contribution is 0.0600. The minimum atomic E-state index is -0.570. The number of hydrogen-bond acceptors (Lipinski definition) is 7. The molecule has 4 rings (SSSR count). The first kappa shape index (κ1) is 21.3. The molecule has 0 amide bonds. The van der Waals surface area contributed by atoms with E-state index in [1.807, 2.05) is 24.3 Å². The zero-order valence-corrected chi connectivity index (χ0v) is 17.9. The van der Waals surface area contributed by atoms with Crippen LogP contribution >= 0.6 is 11.6 Å². The number of carbonyl (C=O) groups is 1. The molecule has 0 unspecified atom stereocenters. The Labute approximate surface area is 188 Å². The fourth-order valence-electron chi connectivity index (χ4n) is 3.13. The van der Waals surface area contributed by atoms with E-state index in [9.17, 15) is 9.59 Å². The van der Waals surface area contributed by atoms with Crippen LogP contribution in [0.2, 0.25) is 5.02 Å². The molecule has 0 atom stereocenters. The van der Waals surface area contributed by atoms with Crippen molar-refractivity contribution in [3.05, 3.63) is 99.4 Å². The number of methoxy groups -OCH3 is 1. The van der Waals surface area contributed by atoms with Gasteiger partial charge in [0.15, 0.2) is 0 Å². The summed E-state index contributed by atoms with van der Waals surface area (Å²) >= 11 is 6.32. The molecular formula is C22H19ClN6O3. The van der Waals surface area contributed by atoms with E-state index in [0.29, 0.717) is 24.5 Å². The molecule has 0 aliphatic rings. The monoisotopic (exact) mass is 450 g/mol. The lowest BCUT2D eigenvalue weighted by Gasteiger charge is -2.12. The van der Waals surface area contributed by atoms with E-state index in [0.717, 1.165) is 15.8 Å². The second kappa shape index (κ2) is 9.44. The molecule has 0 aliphatic heterocycles. The zero-order valence-electron chi connectivity index (χ0n) is 17.1. The number of ether oxygens (including phenoxy) is 1. The largest absolute Gasteiger partial charge is 0.465 e. The van der Waals surface area contributed by atoms with Gasteiger partial charge in [0.05, 0.1) is 36.8 Å². The summed E-state index contributed by atoms with van der Waals surface area (Å²) in [6.07, 6.45) is 4.62. The molecule has 10 heteroatoms. The maximum absolute atomic E-state index is 12.8. The Hall–Kier alpha value is -3.98. The highest BCUT2D eigenvalue weighted by Gasteiger charge is 2.17. The van der Waals surface area contributed by atoms with E-state index in [1.165, 1.54) is 19.6 Å². The number of benzene rings is 2. The number of para-hydroxylation sites is 1. The first-order valence-corrected chi connectivity index (χ1v) is 10.0. The molecule has 2 aromatic heterocycles. The molecule has 0 saturated heterocycles.